The Balaban J connectivity index is 1.56. The van der Waals surface area contributed by atoms with Gasteiger partial charge in [0.1, 0.15) is 5.75 Å². The summed E-state index contributed by atoms with van der Waals surface area (Å²) in [5, 5.41) is 2.75. The van der Waals surface area contributed by atoms with Gasteiger partial charge in [-0.3, -0.25) is 4.79 Å². The number of hydrogen-bond acceptors (Lipinski definition) is 4. The van der Waals surface area contributed by atoms with E-state index in [-0.39, 0.29) is 11.7 Å². The lowest BCUT2D eigenvalue weighted by Gasteiger charge is -2.22. The standard InChI is InChI=1S/C22H24F3N3O2/c1-27(2)19-12-13-28(15-19)18-9-7-17(8-10-18)26-21(29)11-6-16-4-3-5-20(14-16)30-22(23,24)25/h3-11,14,19H,12-13,15H2,1-2H3,(H,26,29)/b11-6+. The fourth-order valence-electron chi connectivity index (χ4n) is 3.32. The van der Waals surface area contributed by atoms with Gasteiger partial charge in [-0.05, 0) is 68.6 Å². The highest BCUT2D eigenvalue weighted by Gasteiger charge is 2.31. The summed E-state index contributed by atoms with van der Waals surface area (Å²) in [4.78, 5) is 16.7. The molecule has 0 spiro atoms. The van der Waals surface area contributed by atoms with Gasteiger partial charge in [0.15, 0.2) is 0 Å². The van der Waals surface area contributed by atoms with Crippen molar-refractivity contribution < 1.29 is 22.7 Å². The first-order valence-corrected chi connectivity index (χ1v) is 9.56. The van der Waals surface area contributed by atoms with Crippen LogP contribution in [0, 0.1) is 0 Å². The van der Waals surface area contributed by atoms with E-state index >= 15 is 0 Å². The smallest absolute Gasteiger partial charge is 0.406 e. The molecule has 3 rings (SSSR count). The van der Waals surface area contributed by atoms with Gasteiger partial charge in [0.25, 0.3) is 0 Å². The van der Waals surface area contributed by atoms with E-state index < -0.39 is 6.36 Å². The van der Waals surface area contributed by atoms with Crippen LogP contribution < -0.4 is 15.0 Å². The van der Waals surface area contributed by atoms with Gasteiger partial charge in [-0.25, -0.2) is 0 Å². The molecule has 1 amide bonds. The fraction of sp³-hybridized carbons (Fsp3) is 0.318. The molecule has 8 heteroatoms. The third-order valence-corrected chi connectivity index (χ3v) is 4.91. The predicted molar refractivity (Wildman–Crippen MR) is 112 cm³/mol. The summed E-state index contributed by atoms with van der Waals surface area (Å²) >= 11 is 0. The molecule has 1 atom stereocenters. The molecule has 1 aliphatic rings. The number of anilines is 2. The van der Waals surface area contributed by atoms with E-state index in [2.05, 4.69) is 33.9 Å². The highest BCUT2D eigenvalue weighted by Crippen LogP contribution is 2.25. The van der Waals surface area contributed by atoms with Gasteiger partial charge in [-0.15, -0.1) is 13.2 Å². The second-order valence-electron chi connectivity index (χ2n) is 7.34. The van der Waals surface area contributed by atoms with Gasteiger partial charge in [-0.2, -0.15) is 0 Å². The zero-order valence-electron chi connectivity index (χ0n) is 16.8. The number of rotatable bonds is 6. The summed E-state index contributed by atoms with van der Waals surface area (Å²) < 4.78 is 40.8. The lowest BCUT2D eigenvalue weighted by molar-refractivity contribution is -0.274. The van der Waals surface area contributed by atoms with Crippen molar-refractivity contribution in [2.75, 3.05) is 37.4 Å². The third-order valence-electron chi connectivity index (χ3n) is 4.91. The second kappa shape index (κ2) is 9.21. The number of nitrogens with zero attached hydrogens (tertiary/aromatic N) is 2. The monoisotopic (exact) mass is 419 g/mol. The Morgan fingerprint density at radius 3 is 2.57 bits per heavy atom. The van der Waals surface area contributed by atoms with Gasteiger partial charge >= 0.3 is 6.36 Å². The molecule has 1 fully saturated rings. The Kier molecular flexibility index (Phi) is 6.66. The molecule has 2 aromatic carbocycles. The van der Waals surface area contributed by atoms with Gasteiger partial charge in [0.2, 0.25) is 5.91 Å². The number of ether oxygens (including phenoxy) is 1. The first-order valence-electron chi connectivity index (χ1n) is 9.56. The molecular weight excluding hydrogens is 395 g/mol. The Hall–Kier alpha value is -3.00. The molecule has 2 aromatic rings. The minimum atomic E-state index is -4.76. The summed E-state index contributed by atoms with van der Waals surface area (Å²) in [5.74, 6) is -0.710. The van der Waals surface area contributed by atoms with Crippen LogP contribution in [0.4, 0.5) is 24.5 Å². The van der Waals surface area contributed by atoms with Crippen molar-refractivity contribution in [3.05, 3.63) is 60.2 Å². The molecule has 1 aliphatic heterocycles. The van der Waals surface area contributed by atoms with E-state index in [1.165, 1.54) is 30.4 Å². The number of alkyl halides is 3. The number of carbonyl (C=O) groups is 1. The van der Waals surface area contributed by atoms with Crippen molar-refractivity contribution in [3.8, 4) is 5.75 Å². The SMILES string of the molecule is CN(C)C1CCN(c2ccc(NC(=O)/C=C/c3cccc(OC(F)(F)F)c3)cc2)C1. The van der Waals surface area contributed by atoms with Crippen LogP contribution in [-0.2, 0) is 4.79 Å². The maximum absolute atomic E-state index is 12.3. The molecule has 0 bridgehead atoms. The maximum Gasteiger partial charge on any atom is 0.573 e. The Morgan fingerprint density at radius 1 is 1.20 bits per heavy atom. The van der Waals surface area contributed by atoms with E-state index in [0.29, 0.717) is 17.3 Å². The van der Waals surface area contributed by atoms with Crippen LogP contribution in [0.25, 0.3) is 6.08 Å². The summed E-state index contributed by atoms with van der Waals surface area (Å²) in [7, 11) is 4.17. The second-order valence-corrected chi connectivity index (χ2v) is 7.34. The molecule has 1 N–H and O–H groups in total. The van der Waals surface area contributed by atoms with Crippen LogP contribution in [0.15, 0.2) is 54.6 Å². The molecular formula is C22H24F3N3O2. The summed E-state index contributed by atoms with van der Waals surface area (Å²) in [5.41, 5.74) is 2.17. The Labute approximate surface area is 173 Å². The number of benzene rings is 2. The number of hydrogen-bond donors (Lipinski definition) is 1. The summed E-state index contributed by atoms with van der Waals surface area (Å²) in [6.07, 6.45) is -0.943. The number of nitrogens with one attached hydrogen (secondary N) is 1. The number of halogens is 3. The van der Waals surface area contributed by atoms with Crippen molar-refractivity contribution >= 4 is 23.4 Å². The van der Waals surface area contributed by atoms with Crippen LogP contribution in [0.1, 0.15) is 12.0 Å². The fourth-order valence-corrected chi connectivity index (χ4v) is 3.32. The van der Waals surface area contributed by atoms with Crippen LogP contribution in [0.5, 0.6) is 5.75 Å². The number of amides is 1. The van der Waals surface area contributed by atoms with Crippen LogP contribution in [0.2, 0.25) is 0 Å². The van der Waals surface area contributed by atoms with Crippen LogP contribution in [0.3, 0.4) is 0 Å². The van der Waals surface area contributed by atoms with Gasteiger partial charge in [0, 0.05) is 36.6 Å². The zero-order chi connectivity index (χ0) is 21.7. The Morgan fingerprint density at radius 2 is 1.93 bits per heavy atom. The molecule has 0 radical (unpaired) electrons. The molecule has 160 valence electrons. The molecule has 0 saturated carbocycles. The first-order chi connectivity index (χ1) is 14.2. The van der Waals surface area contributed by atoms with Crippen LogP contribution >= 0.6 is 0 Å². The molecule has 30 heavy (non-hydrogen) atoms. The Bertz CT molecular complexity index is 895. The normalized spacial score (nSPS) is 17.0. The number of carbonyl (C=O) groups excluding carboxylic acids is 1. The molecule has 0 aromatic heterocycles. The van der Waals surface area contributed by atoms with Gasteiger partial charge in [0.05, 0.1) is 0 Å². The summed E-state index contributed by atoms with van der Waals surface area (Å²) in [6.45, 7) is 1.97. The topological polar surface area (TPSA) is 44.8 Å². The quantitative estimate of drug-likeness (QED) is 0.706. The van der Waals surface area contributed by atoms with Gasteiger partial charge < -0.3 is 19.9 Å². The van der Waals surface area contributed by atoms with E-state index in [4.69, 9.17) is 0 Å². The van der Waals surface area contributed by atoms with E-state index in [9.17, 15) is 18.0 Å². The average molecular weight is 419 g/mol. The minimum absolute atomic E-state index is 0.334. The molecule has 0 aliphatic carbocycles. The molecule has 1 heterocycles. The summed E-state index contributed by atoms with van der Waals surface area (Å²) in [6, 6.07) is 13.6. The lowest BCUT2D eigenvalue weighted by Crippen LogP contribution is -2.31. The molecule has 1 saturated heterocycles. The molecule has 5 nitrogen and oxygen atoms in total. The van der Waals surface area contributed by atoms with Crippen molar-refractivity contribution in [3.63, 3.8) is 0 Å². The van der Waals surface area contributed by atoms with E-state index in [1.807, 2.05) is 24.3 Å². The van der Waals surface area contributed by atoms with Gasteiger partial charge in [-0.1, -0.05) is 12.1 Å². The highest BCUT2D eigenvalue weighted by atomic mass is 19.4. The average Bonchev–Trinajstić information content (AvgIpc) is 3.16. The number of likely N-dealkylation sites (N-methyl/N-ethyl adjacent to an activating group) is 1. The molecule has 1 unspecified atom stereocenters. The van der Waals surface area contributed by atoms with E-state index in [0.717, 1.165) is 25.2 Å². The largest absolute Gasteiger partial charge is 0.573 e. The highest BCUT2D eigenvalue weighted by molar-refractivity contribution is 6.02. The van der Waals surface area contributed by atoms with Crippen molar-refractivity contribution in [2.24, 2.45) is 0 Å². The van der Waals surface area contributed by atoms with Crippen molar-refractivity contribution in [2.45, 2.75) is 18.8 Å². The third kappa shape index (κ3) is 6.25. The van der Waals surface area contributed by atoms with Crippen molar-refractivity contribution in [1.29, 1.82) is 0 Å². The minimum Gasteiger partial charge on any atom is -0.406 e. The lowest BCUT2D eigenvalue weighted by atomic mass is 10.2. The van der Waals surface area contributed by atoms with Crippen LogP contribution in [-0.4, -0.2) is 50.4 Å². The van der Waals surface area contributed by atoms with Crippen molar-refractivity contribution in [1.82, 2.24) is 4.90 Å². The first kappa shape index (κ1) is 21.7. The predicted octanol–water partition coefficient (Wildman–Crippen LogP) is 4.38. The maximum atomic E-state index is 12.3. The zero-order valence-corrected chi connectivity index (χ0v) is 16.8. The van der Waals surface area contributed by atoms with E-state index in [1.54, 1.807) is 6.07 Å².